The van der Waals surface area contributed by atoms with Gasteiger partial charge in [0.05, 0.1) is 28.8 Å². The highest BCUT2D eigenvalue weighted by molar-refractivity contribution is 5.71. The highest BCUT2D eigenvalue weighted by atomic mass is 19.4. The molecule has 1 saturated heterocycles. The van der Waals surface area contributed by atoms with Crippen molar-refractivity contribution in [1.82, 2.24) is 4.90 Å². The number of benzene rings is 2. The monoisotopic (exact) mass is 597 g/mol. The van der Waals surface area contributed by atoms with Gasteiger partial charge in [-0.1, -0.05) is 25.3 Å². The van der Waals surface area contributed by atoms with Gasteiger partial charge in [-0.25, -0.2) is 4.79 Å². The molecule has 2 aliphatic rings. The van der Waals surface area contributed by atoms with Crippen LogP contribution in [0.1, 0.15) is 84.6 Å². The third-order valence-corrected chi connectivity index (χ3v) is 7.75. The number of rotatable bonds is 6. The summed E-state index contributed by atoms with van der Waals surface area (Å²) in [6, 6.07) is 3.01. The highest BCUT2D eigenvalue weighted by Gasteiger charge is 2.44. The van der Waals surface area contributed by atoms with Gasteiger partial charge in [0, 0.05) is 19.2 Å². The van der Waals surface area contributed by atoms with E-state index in [1.807, 2.05) is 0 Å². The van der Waals surface area contributed by atoms with Crippen LogP contribution in [0.15, 0.2) is 36.4 Å². The molecule has 1 saturated carbocycles. The van der Waals surface area contributed by atoms with Crippen LogP contribution < -0.4 is 0 Å². The van der Waals surface area contributed by atoms with E-state index in [4.69, 9.17) is 9.47 Å². The molecule has 0 bridgehead atoms. The quantitative estimate of drug-likeness (QED) is 0.312. The normalized spacial score (nSPS) is 21.7. The Morgan fingerprint density at radius 1 is 0.854 bits per heavy atom. The van der Waals surface area contributed by atoms with Crippen molar-refractivity contribution in [3.8, 4) is 0 Å². The number of nitrogens with zero attached hydrogens (tertiary/aromatic N) is 1. The van der Waals surface area contributed by atoms with Gasteiger partial charge in [0.2, 0.25) is 0 Å². The second-order valence-corrected chi connectivity index (χ2v) is 10.5. The molecule has 0 unspecified atom stereocenters. The minimum absolute atomic E-state index is 0.00125. The third kappa shape index (κ3) is 6.76. The number of cyclic esters (lactones) is 1. The van der Waals surface area contributed by atoms with Crippen molar-refractivity contribution in [2.45, 2.75) is 82.4 Å². The molecule has 1 amide bonds. The summed E-state index contributed by atoms with van der Waals surface area (Å²) in [5.41, 5.74) is -4.13. The average molecular weight is 598 g/mol. The van der Waals surface area contributed by atoms with E-state index < -0.39 is 71.7 Å². The van der Waals surface area contributed by atoms with Gasteiger partial charge in [-0.15, -0.1) is 0 Å². The molecule has 0 N–H and O–H groups in total. The zero-order valence-electron chi connectivity index (χ0n) is 22.1. The Kier molecular flexibility index (Phi) is 8.60. The standard InChI is InChI=1S/C28H28F9NO3/c1-15-23(22-13-18(26(29,30)31)8-9-21(22)24(40-2)17-6-4-3-5-7-17)41-25(39)38(15)14-16-10-19(27(32,33)34)12-20(11-16)28(35,36)37/h8-13,15,17,23-24H,3-7,14H2,1-2H3/t15-,23+,24-/m0/s1. The van der Waals surface area contributed by atoms with Gasteiger partial charge in [-0.05, 0) is 67.1 Å². The van der Waals surface area contributed by atoms with Crippen LogP contribution in [0.25, 0.3) is 0 Å². The second-order valence-electron chi connectivity index (χ2n) is 10.5. The molecule has 0 spiro atoms. The molecule has 13 heteroatoms. The number of halogens is 9. The second kappa shape index (κ2) is 11.4. The van der Waals surface area contributed by atoms with Crippen molar-refractivity contribution in [1.29, 1.82) is 0 Å². The first-order valence-corrected chi connectivity index (χ1v) is 13.0. The SMILES string of the molecule is CO[C@H](c1ccc(C(F)(F)F)cc1[C@@H]1OC(=O)N(Cc2cc(C(F)(F)F)cc(C(F)(F)F)c2)[C@H]1C)C1CCCCC1. The van der Waals surface area contributed by atoms with E-state index in [1.54, 1.807) is 0 Å². The van der Waals surface area contributed by atoms with Crippen molar-refractivity contribution in [3.63, 3.8) is 0 Å². The maximum absolute atomic E-state index is 13.7. The number of hydrogen-bond donors (Lipinski definition) is 0. The van der Waals surface area contributed by atoms with E-state index in [9.17, 15) is 44.3 Å². The predicted molar refractivity (Wildman–Crippen MR) is 128 cm³/mol. The molecular weight excluding hydrogens is 569 g/mol. The molecule has 3 atom stereocenters. The Morgan fingerprint density at radius 2 is 1.41 bits per heavy atom. The first kappa shape index (κ1) is 31.0. The predicted octanol–water partition coefficient (Wildman–Crippen LogP) is 9.09. The van der Waals surface area contributed by atoms with E-state index in [1.165, 1.54) is 20.1 Å². The lowest BCUT2D eigenvalue weighted by Gasteiger charge is -2.32. The maximum Gasteiger partial charge on any atom is 0.416 e. The lowest BCUT2D eigenvalue weighted by molar-refractivity contribution is -0.143. The van der Waals surface area contributed by atoms with E-state index in [-0.39, 0.29) is 17.5 Å². The minimum atomic E-state index is -5.09. The van der Waals surface area contributed by atoms with E-state index >= 15 is 0 Å². The molecule has 1 aliphatic heterocycles. The summed E-state index contributed by atoms with van der Waals surface area (Å²) in [6.45, 7) is 0.731. The van der Waals surface area contributed by atoms with Gasteiger partial charge in [0.15, 0.2) is 0 Å². The number of ether oxygens (including phenoxy) is 2. The molecule has 226 valence electrons. The zero-order chi connectivity index (χ0) is 30.3. The summed E-state index contributed by atoms with van der Waals surface area (Å²) in [7, 11) is 1.43. The van der Waals surface area contributed by atoms with Gasteiger partial charge >= 0.3 is 24.6 Å². The topological polar surface area (TPSA) is 38.8 Å². The molecule has 0 aromatic heterocycles. The molecule has 2 fully saturated rings. The fourth-order valence-electron chi connectivity index (χ4n) is 5.71. The van der Waals surface area contributed by atoms with Gasteiger partial charge < -0.3 is 9.47 Å². The number of amides is 1. The summed E-state index contributed by atoms with van der Waals surface area (Å²) in [5, 5.41) is 0. The average Bonchev–Trinajstić information content (AvgIpc) is 3.16. The number of hydrogen-bond acceptors (Lipinski definition) is 3. The third-order valence-electron chi connectivity index (χ3n) is 7.75. The summed E-state index contributed by atoms with van der Waals surface area (Å²) in [6.07, 6.45) is -13.5. The van der Waals surface area contributed by atoms with Crippen LogP contribution in [0.3, 0.4) is 0 Å². The van der Waals surface area contributed by atoms with Crippen LogP contribution in [0, 0.1) is 5.92 Å². The van der Waals surface area contributed by atoms with Crippen molar-refractivity contribution in [2.24, 2.45) is 5.92 Å². The first-order chi connectivity index (χ1) is 19.0. The van der Waals surface area contributed by atoms with E-state index in [0.29, 0.717) is 17.7 Å². The van der Waals surface area contributed by atoms with Crippen LogP contribution in [0.2, 0.25) is 0 Å². The Hall–Kier alpha value is -2.96. The molecule has 2 aromatic carbocycles. The fourth-order valence-corrected chi connectivity index (χ4v) is 5.71. The van der Waals surface area contributed by atoms with Crippen molar-refractivity contribution < 1.29 is 53.8 Å². The Balaban J connectivity index is 1.72. The summed E-state index contributed by atoms with van der Waals surface area (Å²) >= 11 is 0. The Labute approximate surface area is 230 Å². The van der Waals surface area contributed by atoms with Gasteiger partial charge in [-0.2, -0.15) is 39.5 Å². The lowest BCUT2D eigenvalue weighted by atomic mass is 9.80. The number of carbonyl (C=O) groups is 1. The van der Waals surface area contributed by atoms with Crippen LogP contribution >= 0.6 is 0 Å². The minimum Gasteiger partial charge on any atom is -0.439 e. The van der Waals surface area contributed by atoms with Crippen LogP contribution in [0.5, 0.6) is 0 Å². The van der Waals surface area contributed by atoms with Gasteiger partial charge in [0.25, 0.3) is 0 Å². The number of alkyl halides is 9. The first-order valence-electron chi connectivity index (χ1n) is 13.0. The molecular formula is C28H28F9NO3. The highest BCUT2D eigenvalue weighted by Crippen LogP contribution is 2.45. The lowest BCUT2D eigenvalue weighted by Crippen LogP contribution is -2.32. The molecule has 4 nitrogen and oxygen atoms in total. The maximum atomic E-state index is 13.7. The molecule has 2 aromatic rings. The van der Waals surface area contributed by atoms with Crippen molar-refractivity contribution in [3.05, 3.63) is 69.8 Å². The smallest absolute Gasteiger partial charge is 0.416 e. The van der Waals surface area contributed by atoms with Crippen molar-refractivity contribution in [2.75, 3.05) is 7.11 Å². The van der Waals surface area contributed by atoms with Crippen molar-refractivity contribution >= 4 is 6.09 Å². The molecule has 1 aliphatic carbocycles. The van der Waals surface area contributed by atoms with Crippen LogP contribution in [-0.2, 0) is 34.5 Å². The Morgan fingerprint density at radius 3 is 1.93 bits per heavy atom. The number of carbonyl (C=O) groups excluding carboxylic acids is 1. The van der Waals surface area contributed by atoms with E-state index in [2.05, 4.69) is 0 Å². The molecule has 41 heavy (non-hydrogen) atoms. The molecule has 1 heterocycles. The number of methoxy groups -OCH3 is 1. The Bertz CT molecular complexity index is 1220. The van der Waals surface area contributed by atoms with Gasteiger partial charge in [-0.3, -0.25) is 4.90 Å². The summed E-state index contributed by atoms with van der Waals surface area (Å²) < 4.78 is 132. The fraction of sp³-hybridized carbons (Fsp3) is 0.536. The largest absolute Gasteiger partial charge is 0.439 e. The van der Waals surface area contributed by atoms with Gasteiger partial charge in [0.1, 0.15) is 6.10 Å². The van der Waals surface area contributed by atoms with Crippen LogP contribution in [-0.4, -0.2) is 24.1 Å². The van der Waals surface area contributed by atoms with Crippen LogP contribution in [0.4, 0.5) is 44.3 Å². The summed E-state index contributed by atoms with van der Waals surface area (Å²) in [4.78, 5) is 13.8. The summed E-state index contributed by atoms with van der Waals surface area (Å²) in [5.74, 6) is -0.00125. The molecule has 0 radical (unpaired) electrons. The van der Waals surface area contributed by atoms with E-state index in [0.717, 1.165) is 49.1 Å². The molecule has 4 rings (SSSR count). The zero-order valence-corrected chi connectivity index (χ0v) is 22.1.